The molecule has 1 aliphatic heterocycles. The summed E-state index contributed by atoms with van der Waals surface area (Å²) in [5.41, 5.74) is 2.87. The number of carboxylic acid groups (broad SMARTS) is 1. The molecule has 0 spiro atoms. The number of ether oxygens (including phenoxy) is 2. The number of likely N-dealkylation sites (tertiary alicyclic amines) is 1. The Balaban J connectivity index is 1.26. The molecule has 5 rings (SSSR count). The number of carbonyl (C=O) groups is 3. The number of aryl methyl sites for hydroxylation is 1. The lowest BCUT2D eigenvalue weighted by atomic mass is 9.79. The van der Waals surface area contributed by atoms with E-state index >= 15 is 0 Å². The van der Waals surface area contributed by atoms with E-state index in [9.17, 15) is 32.7 Å². The minimum atomic E-state index is -4.62. The zero-order valence-electron chi connectivity index (χ0n) is 27.6. The van der Waals surface area contributed by atoms with Crippen molar-refractivity contribution in [2.24, 2.45) is 5.92 Å². The molecule has 1 heterocycles. The van der Waals surface area contributed by atoms with Crippen LogP contribution in [0.15, 0.2) is 54.6 Å². The van der Waals surface area contributed by atoms with Gasteiger partial charge in [-0.1, -0.05) is 59.1 Å². The Hall–Kier alpha value is -3.87. The molecule has 2 atom stereocenters. The number of amides is 3. The molecule has 0 radical (unpaired) electrons. The lowest BCUT2D eigenvalue weighted by Gasteiger charge is -2.39. The molecule has 1 saturated heterocycles. The molecule has 3 amide bonds. The molecule has 2 fully saturated rings. The molecule has 3 aromatic carbocycles. The molecule has 9 nitrogen and oxygen atoms in total. The van der Waals surface area contributed by atoms with Crippen molar-refractivity contribution in [3.63, 3.8) is 0 Å². The average molecular weight is 771 g/mol. The summed E-state index contributed by atoms with van der Waals surface area (Å²) in [7, 11) is 0. The monoisotopic (exact) mass is 769 g/mol. The van der Waals surface area contributed by atoms with Crippen LogP contribution in [0.3, 0.4) is 0 Å². The third-order valence-corrected chi connectivity index (χ3v) is 9.75. The third kappa shape index (κ3) is 10.6. The van der Waals surface area contributed by atoms with Crippen LogP contribution < -0.4 is 14.8 Å². The number of piperidine rings is 1. The number of nitrogens with zero attached hydrogens (tertiary/aromatic N) is 2. The first-order valence-electron chi connectivity index (χ1n) is 16.4. The number of hydrogen-bond donors (Lipinski definition) is 2. The molecule has 0 bridgehead atoms. The normalized spacial score (nSPS) is 17.5. The number of carbonyl (C=O) groups excluding carboxylic acids is 2. The van der Waals surface area contributed by atoms with Gasteiger partial charge >= 0.3 is 12.3 Å². The van der Waals surface area contributed by atoms with Gasteiger partial charge in [-0.3, -0.25) is 9.59 Å². The number of halogens is 6. The molecule has 3 aromatic rings. The maximum atomic E-state index is 14.3. The van der Waals surface area contributed by atoms with Crippen LogP contribution in [0.4, 0.5) is 18.0 Å². The minimum Gasteiger partial charge on any atom is -0.490 e. The first kappa shape index (κ1) is 38.4. The Labute approximate surface area is 308 Å². The third-order valence-electron chi connectivity index (χ3n) is 8.82. The van der Waals surface area contributed by atoms with Crippen molar-refractivity contribution in [3.8, 4) is 11.5 Å². The van der Waals surface area contributed by atoms with E-state index in [2.05, 4.69) is 5.32 Å². The lowest BCUT2D eigenvalue weighted by molar-refractivity contribution is -0.153. The predicted molar refractivity (Wildman–Crippen MR) is 187 cm³/mol. The number of rotatable bonds is 13. The highest BCUT2D eigenvalue weighted by Crippen LogP contribution is 2.39. The van der Waals surface area contributed by atoms with Crippen LogP contribution in [0.1, 0.15) is 53.9 Å². The maximum Gasteiger partial charge on any atom is 0.407 e. The second-order valence-electron chi connectivity index (χ2n) is 12.7. The fourth-order valence-corrected chi connectivity index (χ4v) is 7.07. The van der Waals surface area contributed by atoms with Crippen molar-refractivity contribution in [2.75, 3.05) is 26.3 Å². The van der Waals surface area contributed by atoms with Crippen molar-refractivity contribution in [1.29, 1.82) is 0 Å². The summed E-state index contributed by atoms with van der Waals surface area (Å²) in [6.45, 7) is 2.56. The summed E-state index contributed by atoms with van der Waals surface area (Å²) in [6, 6.07) is 15.6. The van der Waals surface area contributed by atoms with Gasteiger partial charge in [0.15, 0.2) is 5.75 Å². The first-order valence-corrected chi connectivity index (χ1v) is 17.5. The minimum absolute atomic E-state index is 0.0147. The smallest absolute Gasteiger partial charge is 0.407 e. The number of benzene rings is 3. The van der Waals surface area contributed by atoms with Crippen LogP contribution in [-0.2, 0) is 22.7 Å². The number of nitrogens with one attached hydrogen (secondary N) is 1. The fraction of sp³-hybridized carbons (Fsp3) is 0.417. The molecule has 1 saturated carbocycles. The van der Waals surface area contributed by atoms with E-state index in [0.717, 1.165) is 24.0 Å². The SMILES string of the molecule is Cc1cc(Cl)c(OCCOc2ccc([C@H]3CCN(C(=O)O)C[C@@H]3C(=O)N(Cc3cc(CNC(=O)CC(F)(F)F)ccc3Cl)C3CC3)cc2)c(Cl)c1. The van der Waals surface area contributed by atoms with E-state index in [1.54, 1.807) is 47.4 Å². The van der Waals surface area contributed by atoms with Gasteiger partial charge in [0, 0.05) is 37.2 Å². The highest BCUT2D eigenvalue weighted by molar-refractivity contribution is 6.37. The number of alkyl halides is 3. The molecule has 15 heteroatoms. The van der Waals surface area contributed by atoms with E-state index in [4.69, 9.17) is 44.3 Å². The molecule has 2 aliphatic rings. The first-order chi connectivity index (χ1) is 24.2. The summed E-state index contributed by atoms with van der Waals surface area (Å²) >= 11 is 19.0. The van der Waals surface area contributed by atoms with Crippen molar-refractivity contribution in [3.05, 3.63) is 91.9 Å². The summed E-state index contributed by atoms with van der Waals surface area (Å²) in [5.74, 6) is -1.35. The highest BCUT2D eigenvalue weighted by atomic mass is 35.5. The molecule has 2 N–H and O–H groups in total. The van der Waals surface area contributed by atoms with E-state index in [0.29, 0.717) is 44.1 Å². The Bertz CT molecular complexity index is 1720. The van der Waals surface area contributed by atoms with Gasteiger partial charge in [-0.15, -0.1) is 0 Å². The molecule has 274 valence electrons. The van der Waals surface area contributed by atoms with Gasteiger partial charge in [0.05, 0.1) is 16.0 Å². The Morgan fingerprint density at radius 3 is 2.24 bits per heavy atom. The van der Waals surface area contributed by atoms with Crippen LogP contribution in [0.2, 0.25) is 15.1 Å². The second-order valence-corrected chi connectivity index (χ2v) is 14.0. The quantitative estimate of drug-likeness (QED) is 0.170. The van der Waals surface area contributed by atoms with Gasteiger partial charge in [-0.05, 0) is 84.7 Å². The molecular weight excluding hydrogens is 734 g/mol. The summed E-state index contributed by atoms with van der Waals surface area (Å²) < 4.78 is 49.4. The average Bonchev–Trinajstić information content (AvgIpc) is 3.91. The lowest BCUT2D eigenvalue weighted by Crippen LogP contribution is -2.49. The topological polar surface area (TPSA) is 108 Å². The van der Waals surface area contributed by atoms with Crippen LogP contribution in [0.5, 0.6) is 11.5 Å². The van der Waals surface area contributed by atoms with Gasteiger partial charge in [0.2, 0.25) is 11.8 Å². The zero-order valence-corrected chi connectivity index (χ0v) is 29.9. The molecular formula is C36H37Cl3F3N3O6. The Morgan fingerprint density at radius 1 is 0.941 bits per heavy atom. The number of hydrogen-bond acceptors (Lipinski definition) is 5. The molecule has 1 aliphatic carbocycles. The van der Waals surface area contributed by atoms with E-state index in [-0.39, 0.29) is 57.3 Å². The summed E-state index contributed by atoms with van der Waals surface area (Å²) in [4.78, 5) is 41.1. The standard InChI is InChI=1S/C36H37Cl3F3N3O6/c1-21-14-30(38)33(31(39)15-21)51-13-12-50-26-7-3-23(4-8-26)27-10-11-44(35(48)49)20-28(27)34(47)45(25-5-6-25)19-24-16-22(2-9-29(24)37)18-43-32(46)17-36(40,41)42/h2-4,7-9,14-16,25,27-28H,5-6,10-13,17-20H2,1H3,(H,43,46)(H,48,49)/t27-,28+/m1/s1. The maximum absolute atomic E-state index is 14.3. The van der Waals surface area contributed by atoms with E-state index in [1.807, 2.05) is 19.1 Å². The van der Waals surface area contributed by atoms with Gasteiger partial charge in [0.25, 0.3) is 0 Å². The summed E-state index contributed by atoms with van der Waals surface area (Å²) in [5, 5.41) is 13.3. The van der Waals surface area contributed by atoms with Crippen LogP contribution >= 0.6 is 34.8 Å². The van der Waals surface area contributed by atoms with Crippen molar-refractivity contribution >= 4 is 52.7 Å². The molecule has 0 unspecified atom stereocenters. The summed E-state index contributed by atoms with van der Waals surface area (Å²) in [6.07, 6.45) is -5.33. The highest BCUT2D eigenvalue weighted by Gasteiger charge is 2.43. The van der Waals surface area contributed by atoms with Crippen LogP contribution in [0.25, 0.3) is 0 Å². The zero-order chi connectivity index (χ0) is 36.9. The van der Waals surface area contributed by atoms with Gasteiger partial charge in [0.1, 0.15) is 25.4 Å². The van der Waals surface area contributed by atoms with Crippen molar-refractivity contribution < 1.29 is 42.1 Å². The van der Waals surface area contributed by atoms with E-state index < -0.39 is 30.5 Å². The van der Waals surface area contributed by atoms with Crippen molar-refractivity contribution in [1.82, 2.24) is 15.1 Å². The molecule has 0 aromatic heterocycles. The second kappa shape index (κ2) is 16.6. The van der Waals surface area contributed by atoms with Crippen LogP contribution in [0, 0.1) is 12.8 Å². The van der Waals surface area contributed by atoms with Gasteiger partial charge in [-0.25, -0.2) is 4.79 Å². The van der Waals surface area contributed by atoms with Gasteiger partial charge < -0.3 is 29.7 Å². The largest absolute Gasteiger partial charge is 0.490 e. The molecule has 51 heavy (non-hydrogen) atoms. The fourth-order valence-electron chi connectivity index (χ4n) is 6.19. The van der Waals surface area contributed by atoms with Crippen molar-refractivity contribution in [2.45, 2.75) is 63.8 Å². The van der Waals surface area contributed by atoms with Gasteiger partial charge in [-0.2, -0.15) is 13.2 Å². The van der Waals surface area contributed by atoms with Crippen LogP contribution in [-0.4, -0.2) is 71.3 Å². The predicted octanol–water partition coefficient (Wildman–Crippen LogP) is 8.26. The van der Waals surface area contributed by atoms with E-state index in [1.165, 1.54) is 4.90 Å². The Morgan fingerprint density at radius 2 is 1.61 bits per heavy atom. The Kier molecular flexibility index (Phi) is 12.5.